The first kappa shape index (κ1) is 18.4. The third kappa shape index (κ3) is 5.64. The minimum absolute atomic E-state index is 0. The third-order valence-corrected chi connectivity index (χ3v) is 3.28. The first-order chi connectivity index (χ1) is 10.2. The summed E-state index contributed by atoms with van der Waals surface area (Å²) in [5, 5.41) is 0.621. The lowest BCUT2D eigenvalue weighted by molar-refractivity contribution is -0.671. The number of halogens is 1. The number of thioether (sulfide) groups is 1. The highest BCUT2D eigenvalue weighted by molar-refractivity contribution is 8.13. The smallest absolute Gasteiger partial charge is 0.270 e. The molecule has 0 aliphatic rings. The first-order valence-corrected chi connectivity index (χ1v) is 7.61. The first-order valence-electron chi connectivity index (χ1n) is 6.38. The summed E-state index contributed by atoms with van der Waals surface area (Å²) in [6.45, 7) is 0. The van der Waals surface area contributed by atoms with Gasteiger partial charge >= 0.3 is 0 Å². The second kappa shape index (κ2) is 9.42. The molecule has 22 heavy (non-hydrogen) atoms. The van der Waals surface area contributed by atoms with E-state index in [-0.39, 0.29) is 29.9 Å². The van der Waals surface area contributed by atoms with E-state index >= 15 is 0 Å². The Balaban J connectivity index is 0.00000242. The molecule has 0 unspecified atom stereocenters. The summed E-state index contributed by atoms with van der Waals surface area (Å²) in [6, 6.07) is 13.1. The fourth-order valence-corrected chi connectivity index (χ4v) is 1.93. The molecule has 7 heteroatoms. The van der Waals surface area contributed by atoms with Crippen LogP contribution in [0.5, 0.6) is 0 Å². The molecule has 0 spiro atoms. The van der Waals surface area contributed by atoms with E-state index in [1.807, 2.05) is 60.6 Å². The zero-order chi connectivity index (χ0) is 15.1. The number of aromatic nitrogens is 1. The summed E-state index contributed by atoms with van der Waals surface area (Å²) < 4.78 is 1.87. The number of amides is 1. The van der Waals surface area contributed by atoms with Gasteiger partial charge in [-0.05, 0) is 18.4 Å². The molecule has 0 radical (unpaired) electrons. The molecule has 1 heterocycles. The molecule has 0 saturated heterocycles. The largest absolute Gasteiger partial charge is 1.00 e. The van der Waals surface area contributed by atoms with Gasteiger partial charge in [-0.1, -0.05) is 30.0 Å². The monoisotopic (exact) mass is 428 g/mol. The van der Waals surface area contributed by atoms with Gasteiger partial charge in [-0.3, -0.25) is 15.6 Å². The van der Waals surface area contributed by atoms with Crippen LogP contribution >= 0.6 is 11.8 Å². The van der Waals surface area contributed by atoms with E-state index in [0.717, 1.165) is 5.69 Å². The number of aliphatic imine (C=N–C) groups is 1. The number of benzene rings is 1. The van der Waals surface area contributed by atoms with Crippen molar-refractivity contribution in [3.05, 3.63) is 60.4 Å². The molecular weight excluding hydrogens is 411 g/mol. The lowest BCUT2D eigenvalue weighted by atomic mass is 10.2. The number of carbonyl (C=O) groups excluding carboxylic acids is 1. The molecule has 0 bridgehead atoms. The molecule has 1 amide bonds. The van der Waals surface area contributed by atoms with Crippen LogP contribution in [0.4, 0.5) is 5.69 Å². The van der Waals surface area contributed by atoms with Crippen LogP contribution in [0.3, 0.4) is 0 Å². The average molecular weight is 428 g/mol. The maximum atomic E-state index is 12.0. The summed E-state index contributed by atoms with van der Waals surface area (Å²) in [5.74, 6) is -0.203. The number of nitrogens with zero attached hydrogens (tertiary/aromatic N) is 2. The molecule has 0 aliphatic carbocycles. The zero-order valence-electron chi connectivity index (χ0n) is 12.3. The number of hydrogen-bond donors (Lipinski definition) is 2. The molecule has 0 aliphatic heterocycles. The molecule has 116 valence electrons. The molecule has 0 fully saturated rings. The zero-order valence-corrected chi connectivity index (χ0v) is 15.3. The van der Waals surface area contributed by atoms with Gasteiger partial charge in [-0.2, -0.15) is 0 Å². The van der Waals surface area contributed by atoms with Crippen LogP contribution < -0.4 is 39.4 Å². The predicted octanol–water partition coefficient (Wildman–Crippen LogP) is -1.20. The van der Waals surface area contributed by atoms with Gasteiger partial charge in [-0.25, -0.2) is 9.56 Å². The molecule has 5 nitrogen and oxygen atoms in total. The van der Waals surface area contributed by atoms with Crippen LogP contribution in [0.25, 0.3) is 0 Å². The molecular formula is C15H17IN4OS. The predicted molar refractivity (Wildman–Crippen MR) is 85.3 cm³/mol. The van der Waals surface area contributed by atoms with E-state index in [9.17, 15) is 4.79 Å². The van der Waals surface area contributed by atoms with E-state index in [0.29, 0.717) is 10.7 Å². The number of para-hydroxylation sites is 1. The average Bonchev–Trinajstić information content (AvgIpc) is 2.52. The fraction of sp³-hybridized carbons (Fsp3) is 0.133. The van der Waals surface area contributed by atoms with E-state index in [1.165, 1.54) is 11.8 Å². The number of carbonyl (C=O) groups is 1. The van der Waals surface area contributed by atoms with Gasteiger partial charge in [0.1, 0.15) is 7.05 Å². The topological polar surface area (TPSA) is 57.4 Å². The van der Waals surface area contributed by atoms with E-state index in [4.69, 9.17) is 0 Å². The van der Waals surface area contributed by atoms with Crippen LogP contribution in [-0.2, 0) is 7.05 Å². The minimum atomic E-state index is -0.203. The van der Waals surface area contributed by atoms with Crippen molar-refractivity contribution in [1.82, 2.24) is 10.9 Å². The molecule has 2 aromatic rings. The Bertz CT molecular complexity index is 632. The van der Waals surface area contributed by atoms with Crippen LogP contribution in [-0.4, -0.2) is 17.3 Å². The molecule has 1 aromatic carbocycles. The van der Waals surface area contributed by atoms with Gasteiger partial charge in [0, 0.05) is 12.1 Å². The van der Waals surface area contributed by atoms with Crippen molar-refractivity contribution in [2.24, 2.45) is 12.0 Å². The second-order valence-electron chi connectivity index (χ2n) is 4.29. The van der Waals surface area contributed by atoms with Gasteiger partial charge in [0.25, 0.3) is 5.91 Å². The van der Waals surface area contributed by atoms with Crippen LogP contribution in [0.15, 0.2) is 59.9 Å². The van der Waals surface area contributed by atoms with Crippen molar-refractivity contribution >= 4 is 28.5 Å². The maximum absolute atomic E-state index is 12.0. The Kier molecular flexibility index (Phi) is 7.89. The molecule has 2 rings (SSSR count). The Hall–Kier alpha value is -1.61. The fourth-order valence-electron chi connectivity index (χ4n) is 1.58. The van der Waals surface area contributed by atoms with E-state index < -0.39 is 0 Å². The number of rotatable bonds is 2. The lowest BCUT2D eigenvalue weighted by Gasteiger charge is -2.09. The molecule has 2 N–H and O–H groups in total. The minimum Gasteiger partial charge on any atom is -1.00 e. The third-order valence-electron chi connectivity index (χ3n) is 2.70. The van der Waals surface area contributed by atoms with Gasteiger partial charge < -0.3 is 24.0 Å². The van der Waals surface area contributed by atoms with Crippen molar-refractivity contribution in [1.29, 1.82) is 0 Å². The van der Waals surface area contributed by atoms with Crippen molar-refractivity contribution < 1.29 is 33.3 Å². The summed E-state index contributed by atoms with van der Waals surface area (Å²) in [4.78, 5) is 16.4. The van der Waals surface area contributed by atoms with E-state index in [2.05, 4.69) is 15.8 Å². The Morgan fingerprint density at radius 2 is 1.73 bits per heavy atom. The molecule has 0 atom stereocenters. The summed E-state index contributed by atoms with van der Waals surface area (Å²) in [5.41, 5.74) is 6.89. The Morgan fingerprint density at radius 1 is 1.09 bits per heavy atom. The molecule has 0 saturated carbocycles. The number of pyridine rings is 1. The van der Waals surface area contributed by atoms with Crippen molar-refractivity contribution in [2.45, 2.75) is 0 Å². The van der Waals surface area contributed by atoms with Crippen LogP contribution in [0.2, 0.25) is 0 Å². The second-order valence-corrected chi connectivity index (χ2v) is 5.08. The maximum Gasteiger partial charge on any atom is 0.270 e. The number of hydrogen-bond acceptors (Lipinski definition) is 3. The van der Waals surface area contributed by atoms with Gasteiger partial charge in [-0.15, -0.1) is 0 Å². The highest BCUT2D eigenvalue weighted by Crippen LogP contribution is 2.12. The number of aryl methyl sites for hydroxylation is 1. The number of hydrazine groups is 1. The summed E-state index contributed by atoms with van der Waals surface area (Å²) >= 11 is 1.42. The van der Waals surface area contributed by atoms with Gasteiger partial charge in [0.15, 0.2) is 17.6 Å². The number of amidine groups is 1. The van der Waals surface area contributed by atoms with Crippen molar-refractivity contribution in [3.63, 3.8) is 0 Å². The summed E-state index contributed by atoms with van der Waals surface area (Å²) in [6.07, 6.45) is 5.54. The highest BCUT2D eigenvalue weighted by Gasteiger charge is 2.07. The lowest BCUT2D eigenvalue weighted by Crippen LogP contribution is -3.00. The van der Waals surface area contributed by atoms with Crippen LogP contribution in [0.1, 0.15) is 10.4 Å². The van der Waals surface area contributed by atoms with Crippen molar-refractivity contribution in [2.75, 3.05) is 6.26 Å². The quantitative estimate of drug-likeness (QED) is 0.208. The highest BCUT2D eigenvalue weighted by atomic mass is 127. The normalized spacial score (nSPS) is 10.5. The molecule has 1 aromatic heterocycles. The Labute approximate surface area is 151 Å². The van der Waals surface area contributed by atoms with Crippen molar-refractivity contribution in [3.8, 4) is 0 Å². The summed E-state index contributed by atoms with van der Waals surface area (Å²) in [7, 11) is 1.90. The standard InChI is InChI=1S/C15H16N4OS.HI/c1-19-10-8-12(9-11-19)14(20)17-18-15(21-2)16-13-6-4-3-5-7-13;/h3-11,20H,1-2H3;1H. The number of nitrogens with one attached hydrogen (secondary N) is 2. The Morgan fingerprint density at radius 3 is 2.32 bits per heavy atom. The van der Waals surface area contributed by atoms with Crippen LogP contribution in [0, 0.1) is 0 Å². The van der Waals surface area contributed by atoms with E-state index in [1.54, 1.807) is 12.1 Å². The SMILES string of the molecule is CSC(=Nc1ccccc1)NNC(=O)c1cc[n+](C)cc1.[I-]. The van der Waals surface area contributed by atoms with Gasteiger partial charge in [0.2, 0.25) is 0 Å². The van der Waals surface area contributed by atoms with Gasteiger partial charge in [0.05, 0.1) is 11.3 Å².